The third kappa shape index (κ3) is 2.32. The van der Waals surface area contributed by atoms with Crippen molar-refractivity contribution in [2.45, 2.75) is 5.72 Å². The van der Waals surface area contributed by atoms with Crippen LogP contribution < -0.4 is 10.3 Å². The average molecular weight is 376 g/mol. The van der Waals surface area contributed by atoms with E-state index in [0.717, 1.165) is 5.56 Å². The Labute approximate surface area is 160 Å². The van der Waals surface area contributed by atoms with Gasteiger partial charge in [-0.15, -0.1) is 5.10 Å². The van der Waals surface area contributed by atoms with Crippen LogP contribution in [0.3, 0.4) is 0 Å². The predicted molar refractivity (Wildman–Crippen MR) is 105 cm³/mol. The van der Waals surface area contributed by atoms with Crippen LogP contribution >= 0.6 is 11.6 Å². The SMILES string of the molecule is O=C1Nc2ccccc2C12OC(c1ccccc1)=NN2c1cccc(Cl)c1. The van der Waals surface area contributed by atoms with Gasteiger partial charge in [-0.05, 0) is 36.4 Å². The molecule has 132 valence electrons. The van der Waals surface area contributed by atoms with Gasteiger partial charge >= 0.3 is 5.72 Å². The summed E-state index contributed by atoms with van der Waals surface area (Å²) in [5.74, 6) is 0.0841. The van der Waals surface area contributed by atoms with Gasteiger partial charge in [0.1, 0.15) is 0 Å². The normalized spacial score (nSPS) is 20.3. The van der Waals surface area contributed by atoms with E-state index in [-0.39, 0.29) is 5.91 Å². The van der Waals surface area contributed by atoms with Gasteiger partial charge in [0.2, 0.25) is 5.90 Å². The largest absolute Gasteiger partial charge is 0.433 e. The van der Waals surface area contributed by atoms with Gasteiger partial charge in [0, 0.05) is 10.6 Å². The standard InChI is InChI=1S/C21H14ClN3O2/c22-15-9-6-10-16(13-15)25-21(17-11-4-5-12-18(17)23-20(21)26)27-19(24-25)14-7-2-1-3-8-14/h1-13H,(H,23,26). The minimum absolute atomic E-state index is 0.293. The molecule has 6 heteroatoms. The summed E-state index contributed by atoms with van der Waals surface area (Å²) in [5.41, 5.74) is 1.47. The maximum Gasteiger partial charge on any atom is 0.311 e. The van der Waals surface area contributed by atoms with Crippen molar-refractivity contribution < 1.29 is 9.53 Å². The summed E-state index contributed by atoms with van der Waals surface area (Å²) in [6.07, 6.45) is 0. The molecule has 0 saturated carbocycles. The minimum atomic E-state index is -1.41. The van der Waals surface area contributed by atoms with E-state index < -0.39 is 5.72 Å². The van der Waals surface area contributed by atoms with Crippen molar-refractivity contribution in [2.75, 3.05) is 10.3 Å². The van der Waals surface area contributed by atoms with E-state index in [1.54, 1.807) is 17.1 Å². The number of para-hydroxylation sites is 1. The molecular formula is C21H14ClN3O2. The van der Waals surface area contributed by atoms with E-state index in [4.69, 9.17) is 16.3 Å². The number of carbonyl (C=O) groups is 1. The first kappa shape index (κ1) is 15.9. The molecule has 5 nitrogen and oxygen atoms in total. The molecule has 1 amide bonds. The van der Waals surface area contributed by atoms with E-state index in [0.29, 0.717) is 27.9 Å². The quantitative estimate of drug-likeness (QED) is 0.724. The van der Waals surface area contributed by atoms with E-state index in [2.05, 4.69) is 10.4 Å². The van der Waals surface area contributed by atoms with Crippen LogP contribution in [-0.4, -0.2) is 11.8 Å². The van der Waals surface area contributed by atoms with Gasteiger partial charge in [0.05, 0.1) is 16.9 Å². The number of ether oxygens (including phenoxy) is 1. The summed E-state index contributed by atoms with van der Waals surface area (Å²) < 4.78 is 6.26. The molecule has 2 heterocycles. The molecule has 0 aromatic heterocycles. The Bertz CT molecular complexity index is 1080. The second-order valence-electron chi connectivity index (χ2n) is 6.31. The van der Waals surface area contributed by atoms with Crippen LogP contribution in [0.2, 0.25) is 5.02 Å². The second-order valence-corrected chi connectivity index (χ2v) is 6.75. The van der Waals surface area contributed by atoms with E-state index in [9.17, 15) is 4.79 Å². The fraction of sp³-hybridized carbons (Fsp3) is 0.0476. The highest BCUT2D eigenvalue weighted by Crippen LogP contribution is 2.47. The zero-order valence-electron chi connectivity index (χ0n) is 14.1. The number of anilines is 2. The Morgan fingerprint density at radius 2 is 1.74 bits per heavy atom. The number of rotatable bonds is 2. The molecule has 1 N–H and O–H groups in total. The van der Waals surface area contributed by atoms with Crippen molar-refractivity contribution in [1.82, 2.24) is 0 Å². The number of hydrazone groups is 1. The average Bonchev–Trinajstić information content (AvgIpc) is 3.23. The Kier molecular flexibility index (Phi) is 3.45. The second kappa shape index (κ2) is 5.86. The fourth-order valence-corrected chi connectivity index (χ4v) is 3.62. The lowest BCUT2D eigenvalue weighted by Crippen LogP contribution is -2.47. The first-order valence-corrected chi connectivity index (χ1v) is 8.86. The summed E-state index contributed by atoms with van der Waals surface area (Å²) in [4.78, 5) is 13.1. The van der Waals surface area contributed by atoms with Crippen LogP contribution in [-0.2, 0) is 15.3 Å². The number of hydrogen-bond acceptors (Lipinski definition) is 4. The Morgan fingerprint density at radius 1 is 0.963 bits per heavy atom. The van der Waals surface area contributed by atoms with Crippen molar-refractivity contribution in [3.8, 4) is 0 Å². The topological polar surface area (TPSA) is 53.9 Å². The van der Waals surface area contributed by atoms with Gasteiger partial charge in [0.25, 0.3) is 5.91 Å². The number of nitrogens with zero attached hydrogens (tertiary/aromatic N) is 2. The highest BCUT2D eigenvalue weighted by molar-refractivity contribution is 6.30. The molecule has 0 saturated heterocycles. The smallest absolute Gasteiger partial charge is 0.311 e. The van der Waals surface area contributed by atoms with E-state index in [1.807, 2.05) is 66.7 Å². The number of hydrogen-bond donors (Lipinski definition) is 1. The van der Waals surface area contributed by atoms with Crippen LogP contribution in [0.25, 0.3) is 0 Å². The third-order valence-electron chi connectivity index (χ3n) is 4.66. The summed E-state index contributed by atoms with van der Waals surface area (Å²) >= 11 is 6.19. The lowest BCUT2D eigenvalue weighted by Gasteiger charge is -2.30. The summed E-state index contributed by atoms with van der Waals surface area (Å²) in [7, 11) is 0. The first-order valence-electron chi connectivity index (χ1n) is 8.48. The molecule has 3 aromatic rings. The van der Waals surface area contributed by atoms with Gasteiger partial charge in [-0.1, -0.05) is 54.1 Å². The molecular weight excluding hydrogens is 362 g/mol. The number of carbonyl (C=O) groups excluding carboxylic acids is 1. The fourth-order valence-electron chi connectivity index (χ4n) is 3.44. The molecule has 2 aliphatic heterocycles. The van der Waals surface area contributed by atoms with Crippen LogP contribution in [0.5, 0.6) is 0 Å². The molecule has 1 unspecified atom stereocenters. The summed E-state index contributed by atoms with van der Waals surface area (Å²) in [5, 5.41) is 9.72. The van der Waals surface area contributed by atoms with Crippen molar-refractivity contribution in [3.63, 3.8) is 0 Å². The third-order valence-corrected chi connectivity index (χ3v) is 4.89. The van der Waals surface area contributed by atoms with Crippen LogP contribution in [0.4, 0.5) is 11.4 Å². The van der Waals surface area contributed by atoms with Gasteiger partial charge in [-0.2, -0.15) is 0 Å². The molecule has 2 aliphatic rings. The molecule has 0 bridgehead atoms. The summed E-state index contributed by atoms with van der Waals surface area (Å²) in [6.45, 7) is 0. The molecule has 0 radical (unpaired) electrons. The van der Waals surface area contributed by atoms with E-state index >= 15 is 0 Å². The zero-order chi connectivity index (χ0) is 18.4. The first-order chi connectivity index (χ1) is 13.2. The number of amides is 1. The van der Waals surface area contributed by atoms with Crippen molar-refractivity contribution in [3.05, 3.63) is 95.0 Å². The number of halogens is 1. The van der Waals surface area contributed by atoms with Crippen LogP contribution in [0.15, 0.2) is 84.0 Å². The van der Waals surface area contributed by atoms with Crippen molar-refractivity contribution in [1.29, 1.82) is 0 Å². The van der Waals surface area contributed by atoms with Crippen LogP contribution in [0.1, 0.15) is 11.1 Å². The minimum Gasteiger partial charge on any atom is -0.433 e. The highest BCUT2D eigenvalue weighted by Gasteiger charge is 2.58. The Hall–Kier alpha value is -3.31. The number of fused-ring (bicyclic) bond motifs is 2. The lowest BCUT2D eigenvalue weighted by molar-refractivity contribution is -0.130. The molecule has 0 aliphatic carbocycles. The maximum absolute atomic E-state index is 13.1. The van der Waals surface area contributed by atoms with Gasteiger partial charge in [-0.3, -0.25) is 4.79 Å². The number of benzene rings is 3. The monoisotopic (exact) mass is 375 g/mol. The molecule has 1 atom stereocenters. The van der Waals surface area contributed by atoms with Gasteiger partial charge in [-0.25, -0.2) is 5.01 Å². The predicted octanol–water partition coefficient (Wildman–Crippen LogP) is 4.34. The molecule has 3 aromatic carbocycles. The van der Waals surface area contributed by atoms with Crippen molar-refractivity contribution in [2.24, 2.45) is 5.10 Å². The highest BCUT2D eigenvalue weighted by atomic mass is 35.5. The number of nitrogens with one attached hydrogen (secondary N) is 1. The van der Waals surface area contributed by atoms with Crippen LogP contribution in [0, 0.1) is 0 Å². The van der Waals surface area contributed by atoms with Gasteiger partial charge in [0.15, 0.2) is 0 Å². The zero-order valence-corrected chi connectivity index (χ0v) is 14.9. The Balaban J connectivity index is 1.72. The molecule has 1 spiro atoms. The Morgan fingerprint density at radius 3 is 2.56 bits per heavy atom. The van der Waals surface area contributed by atoms with Crippen molar-refractivity contribution >= 4 is 34.8 Å². The molecule has 5 rings (SSSR count). The molecule has 27 heavy (non-hydrogen) atoms. The van der Waals surface area contributed by atoms with Gasteiger partial charge < -0.3 is 10.1 Å². The molecule has 0 fully saturated rings. The lowest BCUT2D eigenvalue weighted by atomic mass is 10.0. The maximum atomic E-state index is 13.1. The summed E-state index contributed by atoms with van der Waals surface area (Å²) in [6, 6.07) is 24.2. The van der Waals surface area contributed by atoms with E-state index in [1.165, 1.54) is 0 Å².